The van der Waals surface area contributed by atoms with Gasteiger partial charge in [0.1, 0.15) is 11.5 Å². The van der Waals surface area contributed by atoms with Gasteiger partial charge in [-0.1, -0.05) is 56.8 Å². The fourth-order valence-corrected chi connectivity index (χ4v) is 4.85. The van der Waals surface area contributed by atoms with Crippen LogP contribution in [0.15, 0.2) is 88.3 Å². The van der Waals surface area contributed by atoms with Crippen LogP contribution in [0.2, 0.25) is 0 Å². The summed E-state index contributed by atoms with van der Waals surface area (Å²) in [5.41, 5.74) is 7.27. The Balaban J connectivity index is 1.73. The summed E-state index contributed by atoms with van der Waals surface area (Å²) in [6, 6.07) is 19.3. The van der Waals surface area contributed by atoms with Gasteiger partial charge in [-0.25, -0.2) is 4.39 Å². The Morgan fingerprint density at radius 1 is 1.14 bits per heavy atom. The van der Waals surface area contributed by atoms with Crippen LogP contribution in [0.1, 0.15) is 59.1 Å². The lowest BCUT2D eigenvalue weighted by atomic mass is 9.79. The van der Waals surface area contributed by atoms with Crippen molar-refractivity contribution >= 4 is 36.1 Å². The van der Waals surface area contributed by atoms with Gasteiger partial charge in [0.25, 0.3) is 0 Å². The van der Waals surface area contributed by atoms with Crippen molar-refractivity contribution in [3.05, 3.63) is 113 Å². The van der Waals surface area contributed by atoms with Gasteiger partial charge in [0.05, 0.1) is 17.3 Å². The van der Waals surface area contributed by atoms with Crippen molar-refractivity contribution in [3.8, 4) is 6.07 Å². The van der Waals surface area contributed by atoms with E-state index in [4.69, 9.17) is 5.26 Å². The van der Waals surface area contributed by atoms with Crippen LogP contribution in [0.5, 0.6) is 0 Å². The normalized spacial score (nSPS) is 16.3. The molecule has 0 saturated heterocycles. The van der Waals surface area contributed by atoms with Crippen molar-refractivity contribution in [2.24, 2.45) is 20.9 Å². The van der Waals surface area contributed by atoms with E-state index in [0.29, 0.717) is 11.3 Å². The minimum Gasteiger partial charge on any atom is -0.296 e. The van der Waals surface area contributed by atoms with Crippen LogP contribution in [0, 0.1) is 23.1 Å². The molecule has 3 unspecified atom stereocenters. The minimum absolute atomic E-state index is 0.0633. The molecule has 37 heavy (non-hydrogen) atoms. The Hall–Kier alpha value is -4.43. The molecule has 184 valence electrons. The van der Waals surface area contributed by atoms with E-state index in [1.807, 2.05) is 54.6 Å². The zero-order valence-electron chi connectivity index (χ0n) is 21.3. The zero-order chi connectivity index (χ0) is 26.5. The molecule has 3 aromatic rings. The third kappa shape index (κ3) is 5.10. The molecule has 0 bridgehead atoms. The Bertz CT molecular complexity index is 1470. The van der Waals surface area contributed by atoms with E-state index < -0.39 is 0 Å². The average molecular weight is 489 g/mol. The molecule has 0 radical (unpaired) electrons. The summed E-state index contributed by atoms with van der Waals surface area (Å²) in [5.74, 6) is -0.352. The lowest BCUT2D eigenvalue weighted by Gasteiger charge is -2.25. The molecule has 1 aliphatic heterocycles. The third-order valence-electron chi connectivity index (χ3n) is 7.07. The highest BCUT2D eigenvalue weighted by Crippen LogP contribution is 2.43. The largest absolute Gasteiger partial charge is 0.296 e. The Labute approximate surface area is 218 Å². The number of aliphatic imine (C=N–C) groups is 3. The number of fused-ring (bicyclic) bond motifs is 1. The number of rotatable bonds is 8. The first-order valence-corrected chi connectivity index (χ1v) is 12.1. The van der Waals surface area contributed by atoms with Crippen molar-refractivity contribution in [1.82, 2.24) is 0 Å². The second-order valence-corrected chi connectivity index (χ2v) is 9.18. The predicted octanol–water partition coefficient (Wildman–Crippen LogP) is 7.94. The standard InChI is InChI=1S/C32H29FN4/c1-6-7-27(21(3)20(2)23-10-8-22(17-34)9-11-23)26-14-28-29(19-37-32(28)30(33)15-26)24-12-13-25(18-35-4)31(16-24)36-5/h6-16,18-21,29H,1,5H2,2-4H3/b27-7+,35-18?. The minimum atomic E-state index is -0.351. The molecule has 0 saturated carbocycles. The second kappa shape index (κ2) is 11.1. The molecular weight excluding hydrogens is 459 g/mol. The van der Waals surface area contributed by atoms with Gasteiger partial charge in [-0.15, -0.1) is 0 Å². The summed E-state index contributed by atoms with van der Waals surface area (Å²) in [6.07, 6.45) is 7.22. The van der Waals surface area contributed by atoms with Crippen LogP contribution >= 0.6 is 0 Å². The van der Waals surface area contributed by atoms with Crippen molar-refractivity contribution < 1.29 is 4.39 Å². The van der Waals surface area contributed by atoms with E-state index in [1.165, 1.54) is 0 Å². The van der Waals surface area contributed by atoms with Gasteiger partial charge in [0.2, 0.25) is 0 Å². The van der Waals surface area contributed by atoms with E-state index in [-0.39, 0.29) is 23.6 Å². The van der Waals surface area contributed by atoms with Crippen molar-refractivity contribution in [2.75, 3.05) is 7.05 Å². The van der Waals surface area contributed by atoms with E-state index >= 15 is 4.39 Å². The van der Waals surface area contributed by atoms with Crippen molar-refractivity contribution in [1.29, 1.82) is 5.26 Å². The van der Waals surface area contributed by atoms with Crippen LogP contribution in [0.3, 0.4) is 0 Å². The quantitative estimate of drug-likeness (QED) is 0.234. The van der Waals surface area contributed by atoms with Crippen LogP contribution in [0.25, 0.3) is 5.57 Å². The van der Waals surface area contributed by atoms with Gasteiger partial charge in [-0.2, -0.15) is 5.26 Å². The monoisotopic (exact) mass is 488 g/mol. The third-order valence-corrected chi connectivity index (χ3v) is 7.07. The Morgan fingerprint density at radius 3 is 2.54 bits per heavy atom. The maximum absolute atomic E-state index is 15.4. The molecule has 5 heteroatoms. The highest BCUT2D eigenvalue weighted by molar-refractivity contribution is 5.90. The highest BCUT2D eigenvalue weighted by atomic mass is 19.1. The summed E-state index contributed by atoms with van der Waals surface area (Å²) in [6.45, 7) is 11.9. The van der Waals surface area contributed by atoms with Gasteiger partial charge in [0, 0.05) is 31.0 Å². The molecule has 0 fully saturated rings. The molecule has 0 aliphatic carbocycles. The fraction of sp³-hybridized carbons (Fsp3) is 0.188. The molecule has 0 N–H and O–H groups in total. The first kappa shape index (κ1) is 25.7. The van der Waals surface area contributed by atoms with E-state index in [2.05, 4.69) is 48.2 Å². The van der Waals surface area contributed by atoms with Crippen LogP contribution in [-0.2, 0) is 0 Å². The summed E-state index contributed by atoms with van der Waals surface area (Å²) in [5, 5.41) is 9.13. The van der Waals surface area contributed by atoms with Gasteiger partial charge in [-0.3, -0.25) is 15.0 Å². The molecule has 3 atom stereocenters. The number of benzene rings is 3. The summed E-state index contributed by atoms with van der Waals surface area (Å²) >= 11 is 0. The van der Waals surface area contributed by atoms with E-state index in [1.54, 1.807) is 31.6 Å². The predicted molar refractivity (Wildman–Crippen MR) is 152 cm³/mol. The van der Waals surface area contributed by atoms with Gasteiger partial charge in [-0.05, 0) is 76.7 Å². The van der Waals surface area contributed by atoms with Gasteiger partial charge < -0.3 is 0 Å². The SMILES string of the molecule is C=C/C=C(/c1cc(F)c2c(c1)C(c1ccc(C=NC)c(N=C)c1)C=N2)C(C)C(C)c1ccc(C#N)cc1. The van der Waals surface area contributed by atoms with E-state index in [0.717, 1.165) is 39.1 Å². The van der Waals surface area contributed by atoms with Crippen molar-refractivity contribution in [2.45, 2.75) is 25.7 Å². The van der Waals surface area contributed by atoms with Gasteiger partial charge >= 0.3 is 0 Å². The average Bonchev–Trinajstić information content (AvgIpc) is 3.36. The molecule has 0 spiro atoms. The molecular formula is C32H29FN4. The van der Waals surface area contributed by atoms with Crippen molar-refractivity contribution in [3.63, 3.8) is 0 Å². The molecule has 4 nitrogen and oxygen atoms in total. The second-order valence-electron chi connectivity index (χ2n) is 9.18. The number of nitriles is 1. The number of hydrogen-bond acceptors (Lipinski definition) is 4. The summed E-state index contributed by atoms with van der Waals surface area (Å²) in [7, 11) is 1.71. The van der Waals surface area contributed by atoms with Crippen LogP contribution in [-0.4, -0.2) is 26.2 Å². The van der Waals surface area contributed by atoms with Crippen LogP contribution in [0.4, 0.5) is 15.8 Å². The smallest absolute Gasteiger partial charge is 0.149 e. The number of nitrogens with zero attached hydrogens (tertiary/aromatic N) is 4. The molecule has 0 aromatic heterocycles. The molecule has 4 rings (SSSR count). The first-order valence-electron chi connectivity index (χ1n) is 12.1. The molecule has 1 aliphatic rings. The molecule has 1 heterocycles. The molecule has 0 amide bonds. The number of halogens is 1. The number of hydrogen-bond donors (Lipinski definition) is 0. The molecule has 3 aromatic carbocycles. The topological polar surface area (TPSA) is 60.9 Å². The highest BCUT2D eigenvalue weighted by Gasteiger charge is 2.27. The zero-order valence-corrected chi connectivity index (χ0v) is 21.3. The Morgan fingerprint density at radius 2 is 1.89 bits per heavy atom. The summed E-state index contributed by atoms with van der Waals surface area (Å²) < 4.78 is 15.4. The summed E-state index contributed by atoms with van der Waals surface area (Å²) in [4.78, 5) is 12.7. The first-order chi connectivity index (χ1) is 17.9. The lowest BCUT2D eigenvalue weighted by molar-refractivity contribution is 0.603. The maximum Gasteiger partial charge on any atom is 0.149 e. The Kier molecular flexibility index (Phi) is 7.69. The van der Waals surface area contributed by atoms with E-state index in [9.17, 15) is 0 Å². The maximum atomic E-state index is 15.4. The fourth-order valence-electron chi connectivity index (χ4n) is 4.85. The van der Waals surface area contributed by atoms with Crippen LogP contribution < -0.4 is 0 Å². The number of allylic oxidation sites excluding steroid dienone is 3. The van der Waals surface area contributed by atoms with Gasteiger partial charge in [0.15, 0.2) is 0 Å². The lowest BCUT2D eigenvalue weighted by Crippen LogP contribution is -2.10.